The van der Waals surface area contributed by atoms with Crippen molar-refractivity contribution in [2.45, 2.75) is 311 Å². The smallest absolute Gasteiger partial charge is 0.480 e. The van der Waals surface area contributed by atoms with E-state index in [0.717, 1.165) is 138 Å². The lowest BCUT2D eigenvalue weighted by atomic mass is 9.98. The standard InChI is InChI=1S/C30H36N2O6.C15H26N2O4.C15H17NO5.C8H12O.2C8H14O.C8H12/c33-28(34)27(18-10-11-19-31-29(35)38-21-12-4-2-1-3-5-13-21)32-30(36)37-20-26-24-16-8-6-14-22(24)23-15-7-9-17-25(23)26;16-13(14(18)19)10-6-7-11-17-15(20)21-12-8-4-2-1-3-5-9-12;17-15(20-13-6-4-2-1-3-5-7-13)21-14-10-8-12(9-11-14)16(18)19;1-2-4-6-8-7(9-8)5-3-1;2*9-8-6-4-2-1-3-5-7-8;1-2-4-6-8-7-5-3-1/h2,4,6-9,14-17,21,26-27H,1,3,5,10-13,18-20H2,(H,31,35)(H,32,36)(H,33,34);2,4,12-13H,1,3,5-11,16H2,(H,17,20)(H,18,19);2,4,8-11,13H,1,3,5-7H2;3,5,7-8H,1-2,4,6H2;2*2,4,8-9H,1,3,5-7H2;1-4H,5-8H2/b3*4-2+;;4-2+;4-2-;/t21?,27-;12?,13-;;;;;/m00...../s1. The topological polar surface area (TPSA) is 347 Å². The Labute approximate surface area is 681 Å². The first-order valence-electron chi connectivity index (χ1n) is 42.6. The molecule has 0 bridgehead atoms. The first-order valence-corrected chi connectivity index (χ1v) is 42.6. The number of amides is 3. The lowest BCUT2D eigenvalue weighted by Gasteiger charge is -2.18. The fraction of sp³-hybridized carbons (Fsp3) is 0.565. The molecule has 3 amide bonds. The first kappa shape index (κ1) is 94.7. The number of carbonyl (C=O) groups is 6. The molecule has 9 atom stereocenters. The molecule has 632 valence electrons. The lowest BCUT2D eigenvalue weighted by Crippen LogP contribution is -2.41. The Balaban J connectivity index is 0.000000228. The average Bonchev–Trinajstić information content (AvgIpc) is 1.61. The molecule has 3 aromatic carbocycles. The number of allylic oxidation sites excluding steroid dienone is 10. The molecule has 1 aliphatic heterocycles. The van der Waals surface area contributed by atoms with Gasteiger partial charge in [0.05, 0.1) is 23.2 Å². The second kappa shape index (κ2) is 58.6. The molecule has 1 saturated heterocycles. The Kier molecular flexibility index (Phi) is 48.3. The average molecular weight is 1600 g/mol. The van der Waals surface area contributed by atoms with Crippen molar-refractivity contribution in [2.75, 3.05) is 19.7 Å². The zero-order chi connectivity index (χ0) is 82.1. The van der Waals surface area contributed by atoms with E-state index in [1.807, 2.05) is 42.5 Å². The van der Waals surface area contributed by atoms with Gasteiger partial charge in [0.15, 0.2) is 0 Å². The number of nitro benzene ring substituents is 1. The maximum atomic E-state index is 12.5. The summed E-state index contributed by atoms with van der Waals surface area (Å²) in [6.45, 7) is 0.974. The number of aliphatic hydroxyl groups excluding tert-OH is 2. The summed E-state index contributed by atoms with van der Waals surface area (Å²) in [6, 6.07) is 19.5. The minimum Gasteiger partial charge on any atom is -0.480 e. The fourth-order valence-electron chi connectivity index (χ4n) is 14.0. The largest absolute Gasteiger partial charge is 0.514 e. The van der Waals surface area contributed by atoms with Gasteiger partial charge in [-0.25, -0.2) is 24.0 Å². The van der Waals surface area contributed by atoms with Crippen LogP contribution in [0.5, 0.6) is 5.75 Å². The van der Waals surface area contributed by atoms with Crippen molar-refractivity contribution >= 4 is 42.1 Å². The van der Waals surface area contributed by atoms with Gasteiger partial charge in [0, 0.05) is 50.4 Å². The minimum atomic E-state index is -1.12. The molecular weight excluding hydrogens is 1460 g/mol. The molecule has 12 rings (SSSR count). The number of carbonyl (C=O) groups excluding carboxylic acids is 4. The Bertz CT molecular complexity index is 3460. The van der Waals surface area contributed by atoms with Crippen molar-refractivity contribution in [1.29, 1.82) is 0 Å². The summed E-state index contributed by atoms with van der Waals surface area (Å²) in [5.74, 6) is -1.98. The van der Waals surface area contributed by atoms with Crippen LogP contribution in [0.2, 0.25) is 0 Å². The van der Waals surface area contributed by atoms with Crippen LogP contribution in [0, 0.1) is 10.1 Å². The summed E-state index contributed by atoms with van der Waals surface area (Å²) in [5.41, 5.74) is 9.77. The third-order valence-corrected chi connectivity index (χ3v) is 20.7. The fourth-order valence-corrected chi connectivity index (χ4v) is 14.0. The number of nitrogens with zero attached hydrogens (tertiary/aromatic N) is 1. The molecule has 1 fully saturated rings. The van der Waals surface area contributed by atoms with E-state index in [9.17, 15) is 44.0 Å². The number of aliphatic hydroxyl groups is 2. The number of hydrogen-bond donors (Lipinski definition) is 8. The number of ether oxygens (including phenoxy) is 6. The Morgan fingerprint density at radius 1 is 0.478 bits per heavy atom. The molecule has 0 saturated carbocycles. The molecule has 0 aromatic heterocycles. The monoisotopic (exact) mass is 1590 g/mol. The van der Waals surface area contributed by atoms with Crippen molar-refractivity contribution in [2.24, 2.45) is 5.73 Å². The highest BCUT2D eigenvalue weighted by Crippen LogP contribution is 2.44. The summed E-state index contributed by atoms with van der Waals surface area (Å²) >= 11 is 0. The molecule has 3 aromatic rings. The Morgan fingerprint density at radius 3 is 1.38 bits per heavy atom. The Hall–Kier alpha value is -9.16. The number of carboxylic acids is 2. The molecule has 1 heterocycles. The van der Waals surface area contributed by atoms with Crippen LogP contribution in [0.25, 0.3) is 11.1 Å². The number of rotatable bonds is 20. The third-order valence-electron chi connectivity index (χ3n) is 20.7. The molecule has 115 heavy (non-hydrogen) atoms. The summed E-state index contributed by atoms with van der Waals surface area (Å²) < 4.78 is 32.0. The van der Waals surface area contributed by atoms with Gasteiger partial charge in [-0.3, -0.25) is 14.9 Å². The first-order chi connectivity index (χ1) is 56.0. The van der Waals surface area contributed by atoms with Gasteiger partial charge < -0.3 is 70.5 Å². The molecular formula is C92H131N5O18. The van der Waals surface area contributed by atoms with Gasteiger partial charge in [-0.15, -0.1) is 0 Å². The number of nitro groups is 1. The summed E-state index contributed by atoms with van der Waals surface area (Å²) in [6.07, 6.45) is 71.6. The van der Waals surface area contributed by atoms with E-state index in [1.54, 1.807) is 0 Å². The summed E-state index contributed by atoms with van der Waals surface area (Å²) in [4.78, 5) is 80.1. The van der Waals surface area contributed by atoms with E-state index < -0.39 is 53.4 Å². The van der Waals surface area contributed by atoms with Gasteiger partial charge in [-0.2, -0.15) is 0 Å². The molecule has 0 spiro atoms. The van der Waals surface area contributed by atoms with Crippen molar-refractivity contribution in [3.05, 3.63) is 191 Å². The van der Waals surface area contributed by atoms with Crippen LogP contribution < -0.4 is 26.4 Å². The molecule has 9 N–H and O–H groups in total. The Morgan fingerprint density at radius 2 is 0.904 bits per heavy atom. The summed E-state index contributed by atoms with van der Waals surface area (Å²) in [7, 11) is 0. The van der Waals surface area contributed by atoms with Crippen LogP contribution in [0.4, 0.5) is 24.9 Å². The SMILES string of the molecule is C1=CC2OC2CCCC1.C1=CCCCCC=C1.N[C@@H](CCCCNC(=O)OC1C/C=C/CCCC1)C(=O)O.O=C(N[C@@H](CCCCNC(=O)OC1C/C=C/CCCC1)C(=O)O)OCC1c2ccccc2-c2ccccc21.O=C(Oc1ccc([N+](=O)[O-])cc1)OC1C/C=C/CCCC1.OC1C/C=C/CCCC1.OC1C/C=C\CCCC1. The zero-order valence-electron chi connectivity index (χ0n) is 67.7. The maximum absolute atomic E-state index is 12.5. The van der Waals surface area contributed by atoms with Crippen LogP contribution in [0.1, 0.15) is 267 Å². The van der Waals surface area contributed by atoms with Crippen molar-refractivity contribution < 1.29 is 82.5 Å². The number of hydrogen-bond acceptors (Lipinski definition) is 17. The van der Waals surface area contributed by atoms with Crippen LogP contribution in [0.15, 0.2) is 170 Å². The quantitative estimate of drug-likeness (QED) is 0.00761. The molecule has 9 aliphatic rings. The minimum absolute atomic E-state index is 0.0398. The van der Waals surface area contributed by atoms with Gasteiger partial charge in [0.25, 0.3) is 5.69 Å². The van der Waals surface area contributed by atoms with Crippen molar-refractivity contribution in [3.8, 4) is 16.9 Å². The van der Waals surface area contributed by atoms with Crippen LogP contribution in [0.3, 0.4) is 0 Å². The van der Waals surface area contributed by atoms with E-state index in [0.29, 0.717) is 63.8 Å². The van der Waals surface area contributed by atoms with Crippen molar-refractivity contribution in [1.82, 2.24) is 16.0 Å². The molecule has 8 aliphatic carbocycles. The van der Waals surface area contributed by atoms with E-state index in [1.165, 1.54) is 114 Å². The highest BCUT2D eigenvalue weighted by Gasteiger charge is 2.36. The van der Waals surface area contributed by atoms with Gasteiger partial charge in [0.2, 0.25) is 0 Å². The predicted molar refractivity (Wildman–Crippen MR) is 450 cm³/mol. The van der Waals surface area contributed by atoms with Crippen molar-refractivity contribution in [3.63, 3.8) is 0 Å². The second-order valence-electron chi connectivity index (χ2n) is 30.3. The van der Waals surface area contributed by atoms with Gasteiger partial charge in [0.1, 0.15) is 48.9 Å². The van der Waals surface area contributed by atoms with Gasteiger partial charge >= 0.3 is 36.4 Å². The van der Waals surface area contributed by atoms with E-state index in [-0.39, 0.29) is 60.9 Å². The number of unbranched alkanes of at least 4 members (excludes halogenated alkanes) is 2. The normalized spacial score (nSPS) is 23.3. The number of carboxylic acid groups (broad SMARTS) is 2. The number of fused-ring (bicyclic) bond motifs is 4. The predicted octanol–water partition coefficient (Wildman–Crippen LogP) is 20.2. The number of alkyl carbamates (subject to hydrolysis) is 3. The van der Waals surface area contributed by atoms with E-state index in [4.69, 9.17) is 49.5 Å². The number of nitrogens with one attached hydrogen (secondary N) is 3. The lowest BCUT2D eigenvalue weighted by molar-refractivity contribution is -0.384. The summed E-state index contributed by atoms with van der Waals surface area (Å²) in [5, 5.41) is 55.0. The van der Waals surface area contributed by atoms with Crippen LogP contribution in [-0.2, 0) is 33.3 Å². The van der Waals surface area contributed by atoms with E-state index in [2.05, 4.69) is 119 Å². The highest BCUT2D eigenvalue weighted by atomic mass is 16.7. The number of nitrogens with two attached hydrogens (primary N) is 1. The number of aliphatic carboxylic acids is 2. The molecule has 23 heteroatoms. The zero-order valence-corrected chi connectivity index (χ0v) is 67.7. The highest BCUT2D eigenvalue weighted by molar-refractivity contribution is 5.81. The molecule has 7 unspecified atom stereocenters. The number of non-ortho nitro benzene ring substituents is 1. The van der Waals surface area contributed by atoms with E-state index >= 15 is 0 Å². The second-order valence-corrected chi connectivity index (χ2v) is 30.3. The molecule has 0 radical (unpaired) electrons. The van der Waals surface area contributed by atoms with Gasteiger partial charge in [-0.1, -0.05) is 165 Å². The van der Waals surface area contributed by atoms with Crippen LogP contribution in [-0.4, -0.2) is 136 Å². The number of benzene rings is 3. The maximum Gasteiger partial charge on any atom is 0.514 e. The van der Waals surface area contributed by atoms with Gasteiger partial charge in [-0.05, 0) is 246 Å². The molecule has 23 nitrogen and oxygen atoms in total. The van der Waals surface area contributed by atoms with Crippen LogP contribution >= 0.6 is 0 Å². The third kappa shape index (κ3) is 42.9. The number of epoxide rings is 1.